The molecule has 0 atom stereocenters. The van der Waals surface area contributed by atoms with Crippen LogP contribution in [0.4, 0.5) is 5.69 Å². The number of carbonyl (C=O) groups excluding carboxylic acids is 1. The molecule has 0 aliphatic carbocycles. The average molecular weight is 451 g/mol. The molecule has 1 aliphatic rings. The maximum absolute atomic E-state index is 12.4. The summed E-state index contributed by atoms with van der Waals surface area (Å²) in [5, 5.41) is 5.81. The van der Waals surface area contributed by atoms with Crippen LogP contribution < -0.4 is 10.1 Å². The van der Waals surface area contributed by atoms with E-state index in [9.17, 15) is 4.79 Å². The smallest absolute Gasteiger partial charge is 0.264 e. The zero-order chi connectivity index (χ0) is 22.6. The van der Waals surface area contributed by atoms with Crippen LogP contribution in [0.1, 0.15) is 16.7 Å². The number of aryl methyl sites for hydroxylation is 1. The third-order valence-electron chi connectivity index (χ3n) is 5.35. The van der Waals surface area contributed by atoms with E-state index in [1.54, 1.807) is 0 Å². The van der Waals surface area contributed by atoms with Gasteiger partial charge >= 0.3 is 0 Å². The molecule has 0 radical (unpaired) electrons. The first kappa shape index (κ1) is 21.0. The number of thioether (sulfide) groups is 1. The predicted molar refractivity (Wildman–Crippen MR) is 137 cm³/mol. The lowest BCUT2D eigenvalue weighted by Gasteiger charge is -2.09. The maximum Gasteiger partial charge on any atom is 0.264 e. The van der Waals surface area contributed by atoms with Crippen molar-refractivity contribution in [2.45, 2.75) is 13.5 Å². The van der Waals surface area contributed by atoms with Crippen LogP contribution in [-0.2, 0) is 11.4 Å². The van der Waals surface area contributed by atoms with E-state index >= 15 is 0 Å². The fraction of sp³-hybridized carbons (Fsp3) is 0.0714. The zero-order valence-electron chi connectivity index (χ0n) is 18.1. The van der Waals surface area contributed by atoms with E-state index in [-0.39, 0.29) is 5.91 Å². The van der Waals surface area contributed by atoms with Gasteiger partial charge in [-0.1, -0.05) is 72.3 Å². The molecule has 0 bridgehead atoms. The van der Waals surface area contributed by atoms with Crippen LogP contribution in [0.2, 0.25) is 0 Å². The normalized spacial score (nSPS) is 15.8. The molecule has 1 heterocycles. The van der Waals surface area contributed by atoms with Crippen LogP contribution in [0.3, 0.4) is 0 Å². The third-order valence-corrected chi connectivity index (χ3v) is 6.26. The first-order chi connectivity index (χ1) is 16.1. The van der Waals surface area contributed by atoms with Gasteiger partial charge in [0, 0.05) is 0 Å². The molecular formula is C28H22N2O2S. The monoisotopic (exact) mass is 450 g/mol. The van der Waals surface area contributed by atoms with E-state index < -0.39 is 0 Å². The summed E-state index contributed by atoms with van der Waals surface area (Å²) < 4.78 is 6.08. The summed E-state index contributed by atoms with van der Waals surface area (Å²) in [6.07, 6.45) is 1.86. The lowest BCUT2D eigenvalue weighted by molar-refractivity contribution is -0.115. The lowest BCUT2D eigenvalue weighted by atomic mass is 10.1. The van der Waals surface area contributed by atoms with Crippen molar-refractivity contribution in [3.63, 3.8) is 0 Å². The van der Waals surface area contributed by atoms with Crippen molar-refractivity contribution in [2.75, 3.05) is 0 Å². The minimum atomic E-state index is -0.145. The number of nitrogens with zero attached hydrogens (tertiary/aromatic N) is 1. The molecule has 4 aromatic rings. The van der Waals surface area contributed by atoms with Crippen molar-refractivity contribution in [2.24, 2.45) is 4.99 Å². The Morgan fingerprint density at radius 3 is 2.61 bits per heavy atom. The molecule has 0 saturated carbocycles. The number of amidine groups is 1. The maximum atomic E-state index is 12.4. The highest BCUT2D eigenvalue weighted by Crippen LogP contribution is 2.29. The van der Waals surface area contributed by atoms with Crippen molar-refractivity contribution >= 4 is 45.4 Å². The second-order valence-corrected chi connectivity index (χ2v) is 8.85. The first-order valence-corrected chi connectivity index (χ1v) is 11.5. The topological polar surface area (TPSA) is 50.7 Å². The summed E-state index contributed by atoms with van der Waals surface area (Å²) in [7, 11) is 0. The summed E-state index contributed by atoms with van der Waals surface area (Å²) >= 11 is 1.34. The molecule has 5 heteroatoms. The number of carbonyl (C=O) groups is 1. The molecule has 1 amide bonds. The van der Waals surface area contributed by atoms with Gasteiger partial charge in [0.25, 0.3) is 5.91 Å². The van der Waals surface area contributed by atoms with E-state index in [1.807, 2.05) is 79.7 Å². The van der Waals surface area contributed by atoms with Gasteiger partial charge in [0.05, 0.1) is 10.6 Å². The number of amides is 1. The molecule has 162 valence electrons. The third kappa shape index (κ3) is 4.99. The minimum absolute atomic E-state index is 0.145. The van der Waals surface area contributed by atoms with Gasteiger partial charge in [-0.25, -0.2) is 4.99 Å². The Bertz CT molecular complexity index is 1390. The van der Waals surface area contributed by atoms with Crippen LogP contribution >= 0.6 is 11.8 Å². The van der Waals surface area contributed by atoms with Gasteiger partial charge in [-0.2, -0.15) is 0 Å². The number of fused-ring (bicyclic) bond motifs is 1. The Morgan fingerprint density at radius 2 is 1.73 bits per heavy atom. The Kier molecular flexibility index (Phi) is 5.96. The standard InChI is InChI=1S/C28H22N2O2S/c1-19-12-14-23(15-13-19)29-28-30-27(31)26(33-28)17-20-6-4-10-24(16-20)32-18-22-9-5-8-21-7-2-3-11-25(21)22/h2-17H,18H2,1H3,(H,29,30,31). The summed E-state index contributed by atoms with van der Waals surface area (Å²) in [5.41, 5.74) is 4.03. The number of rotatable bonds is 5. The highest BCUT2D eigenvalue weighted by Gasteiger charge is 2.23. The number of aliphatic imine (C=N–C) groups is 1. The Balaban J connectivity index is 1.30. The average Bonchev–Trinajstić information content (AvgIpc) is 3.17. The number of nitrogens with one attached hydrogen (secondary N) is 1. The van der Waals surface area contributed by atoms with Crippen LogP contribution in [-0.4, -0.2) is 11.1 Å². The molecule has 0 spiro atoms. The highest BCUT2D eigenvalue weighted by molar-refractivity contribution is 8.18. The number of hydrogen-bond acceptors (Lipinski definition) is 4. The second kappa shape index (κ2) is 9.35. The molecule has 1 saturated heterocycles. The molecule has 0 unspecified atom stereocenters. The Morgan fingerprint density at radius 1 is 0.939 bits per heavy atom. The van der Waals surface area contributed by atoms with Gasteiger partial charge in [-0.15, -0.1) is 0 Å². The van der Waals surface area contributed by atoms with Crippen LogP contribution in [0.5, 0.6) is 5.75 Å². The SMILES string of the molecule is Cc1ccc(N=C2NC(=O)C(=Cc3cccc(OCc4cccc5ccccc45)c3)S2)cc1. The summed E-state index contributed by atoms with van der Waals surface area (Å²) in [5.74, 6) is 0.613. The first-order valence-electron chi connectivity index (χ1n) is 10.7. The minimum Gasteiger partial charge on any atom is -0.489 e. The van der Waals surface area contributed by atoms with Crippen molar-refractivity contribution in [3.05, 3.63) is 113 Å². The number of hydrogen-bond donors (Lipinski definition) is 1. The van der Waals surface area contributed by atoms with Crippen LogP contribution in [0.25, 0.3) is 16.8 Å². The molecule has 4 nitrogen and oxygen atoms in total. The molecule has 5 rings (SSSR count). The van der Waals surface area contributed by atoms with Gasteiger partial charge < -0.3 is 10.1 Å². The number of benzene rings is 4. The fourth-order valence-corrected chi connectivity index (χ4v) is 4.48. The van der Waals surface area contributed by atoms with Gasteiger partial charge in [-0.3, -0.25) is 4.79 Å². The quantitative estimate of drug-likeness (QED) is 0.348. The van der Waals surface area contributed by atoms with Gasteiger partial charge in [0.2, 0.25) is 0 Å². The van der Waals surface area contributed by atoms with Gasteiger partial charge in [0.15, 0.2) is 5.17 Å². The van der Waals surface area contributed by atoms with Gasteiger partial charge in [0.1, 0.15) is 12.4 Å². The molecule has 1 fully saturated rings. The van der Waals surface area contributed by atoms with Crippen molar-refractivity contribution in [3.8, 4) is 5.75 Å². The molecule has 1 N–H and O–H groups in total. The van der Waals surface area contributed by atoms with E-state index in [4.69, 9.17) is 4.74 Å². The molecule has 4 aromatic carbocycles. The van der Waals surface area contributed by atoms with E-state index in [0.717, 1.165) is 22.6 Å². The Hall–Kier alpha value is -3.83. The van der Waals surface area contributed by atoms with E-state index in [1.165, 1.54) is 28.1 Å². The van der Waals surface area contributed by atoms with Crippen LogP contribution in [0, 0.1) is 6.92 Å². The summed E-state index contributed by atoms with van der Waals surface area (Å²) in [6, 6.07) is 30.2. The highest BCUT2D eigenvalue weighted by atomic mass is 32.2. The fourth-order valence-electron chi connectivity index (χ4n) is 3.64. The summed E-state index contributed by atoms with van der Waals surface area (Å²) in [4.78, 5) is 17.6. The molecular weight excluding hydrogens is 428 g/mol. The van der Waals surface area contributed by atoms with Crippen molar-refractivity contribution in [1.82, 2.24) is 5.32 Å². The number of ether oxygens (including phenoxy) is 1. The molecule has 1 aliphatic heterocycles. The molecule has 0 aromatic heterocycles. The van der Waals surface area contributed by atoms with E-state index in [2.05, 4.69) is 34.6 Å². The summed E-state index contributed by atoms with van der Waals surface area (Å²) in [6.45, 7) is 2.51. The largest absolute Gasteiger partial charge is 0.489 e. The van der Waals surface area contributed by atoms with Crippen LogP contribution in [0.15, 0.2) is 101 Å². The van der Waals surface area contributed by atoms with Crippen molar-refractivity contribution < 1.29 is 9.53 Å². The Labute approximate surface area is 197 Å². The second-order valence-electron chi connectivity index (χ2n) is 7.82. The zero-order valence-corrected chi connectivity index (χ0v) is 18.9. The predicted octanol–water partition coefficient (Wildman–Crippen LogP) is 6.62. The molecule has 33 heavy (non-hydrogen) atoms. The lowest BCUT2D eigenvalue weighted by Crippen LogP contribution is -2.19. The van der Waals surface area contributed by atoms with E-state index in [0.29, 0.717) is 16.7 Å². The van der Waals surface area contributed by atoms with Gasteiger partial charge in [-0.05, 0) is 70.9 Å². The van der Waals surface area contributed by atoms with Crippen molar-refractivity contribution in [1.29, 1.82) is 0 Å².